The first-order valence-electron chi connectivity index (χ1n) is 7.64. The van der Waals surface area contributed by atoms with Crippen LogP contribution < -0.4 is 11.1 Å². The molecule has 0 saturated carbocycles. The molecule has 0 amide bonds. The number of aliphatic imine (C=N–C) groups is 1. The van der Waals surface area contributed by atoms with E-state index in [0.717, 1.165) is 24.3 Å². The van der Waals surface area contributed by atoms with E-state index < -0.39 is 0 Å². The average Bonchev–Trinajstić information content (AvgIpc) is 2.40. The van der Waals surface area contributed by atoms with Crippen LogP contribution in [0.15, 0.2) is 23.3 Å². The molecule has 0 aromatic carbocycles. The van der Waals surface area contributed by atoms with Crippen molar-refractivity contribution in [3.05, 3.63) is 29.0 Å². The summed E-state index contributed by atoms with van der Waals surface area (Å²) in [6, 6.07) is 4.12. The molecule has 21 heavy (non-hydrogen) atoms. The van der Waals surface area contributed by atoms with Gasteiger partial charge in [-0.2, -0.15) is 0 Å². The number of nitrogens with zero attached hydrogens (tertiary/aromatic N) is 2. The van der Waals surface area contributed by atoms with Crippen molar-refractivity contribution in [2.45, 2.75) is 52.5 Å². The zero-order chi connectivity index (χ0) is 15.7. The van der Waals surface area contributed by atoms with Crippen LogP contribution >= 0.6 is 11.6 Å². The molecule has 118 valence electrons. The fourth-order valence-electron chi connectivity index (χ4n) is 2.06. The molecular weight excluding hydrogens is 284 g/mol. The Morgan fingerprint density at radius 1 is 1.33 bits per heavy atom. The Bertz CT molecular complexity index is 428. The second kappa shape index (κ2) is 9.61. The SMILES string of the molecule is CC(C)CCCC(C)NC(N)=NCCc1ccc(Cl)nc1. The number of guanidine groups is 1. The Balaban J connectivity index is 2.24. The van der Waals surface area contributed by atoms with Crippen LogP contribution in [-0.4, -0.2) is 23.5 Å². The van der Waals surface area contributed by atoms with Crippen LogP contribution in [0.25, 0.3) is 0 Å². The Morgan fingerprint density at radius 2 is 2.10 bits per heavy atom. The van der Waals surface area contributed by atoms with Gasteiger partial charge in [-0.3, -0.25) is 4.99 Å². The van der Waals surface area contributed by atoms with E-state index in [1.165, 1.54) is 12.8 Å². The first-order valence-corrected chi connectivity index (χ1v) is 8.02. The maximum atomic E-state index is 5.90. The van der Waals surface area contributed by atoms with Crippen molar-refractivity contribution in [3.8, 4) is 0 Å². The van der Waals surface area contributed by atoms with E-state index in [1.54, 1.807) is 12.3 Å². The molecular formula is C16H27ClN4. The minimum absolute atomic E-state index is 0.365. The van der Waals surface area contributed by atoms with Gasteiger partial charge in [0.05, 0.1) is 0 Å². The van der Waals surface area contributed by atoms with Gasteiger partial charge >= 0.3 is 0 Å². The monoisotopic (exact) mass is 310 g/mol. The highest BCUT2D eigenvalue weighted by Crippen LogP contribution is 2.08. The van der Waals surface area contributed by atoms with E-state index >= 15 is 0 Å². The highest BCUT2D eigenvalue weighted by Gasteiger charge is 2.03. The van der Waals surface area contributed by atoms with Gasteiger partial charge in [0.2, 0.25) is 0 Å². The lowest BCUT2D eigenvalue weighted by molar-refractivity contribution is 0.493. The quantitative estimate of drug-likeness (QED) is 0.439. The first kappa shape index (κ1) is 17.8. The summed E-state index contributed by atoms with van der Waals surface area (Å²) < 4.78 is 0. The Labute approximate surface area is 133 Å². The number of nitrogens with two attached hydrogens (primary N) is 1. The molecule has 1 rings (SSSR count). The maximum Gasteiger partial charge on any atom is 0.188 e. The third kappa shape index (κ3) is 8.56. The van der Waals surface area contributed by atoms with E-state index in [-0.39, 0.29) is 0 Å². The normalized spacial score (nSPS) is 13.5. The van der Waals surface area contributed by atoms with Crippen LogP contribution in [0.3, 0.4) is 0 Å². The molecule has 0 aliphatic carbocycles. The number of halogens is 1. The molecule has 0 aliphatic rings. The second-order valence-corrected chi connectivity index (χ2v) is 6.26. The second-order valence-electron chi connectivity index (χ2n) is 5.88. The lowest BCUT2D eigenvalue weighted by Crippen LogP contribution is -2.38. The van der Waals surface area contributed by atoms with Crippen LogP contribution in [0.4, 0.5) is 0 Å². The molecule has 1 heterocycles. The summed E-state index contributed by atoms with van der Waals surface area (Å²) in [7, 11) is 0. The van der Waals surface area contributed by atoms with Crippen LogP contribution in [-0.2, 0) is 6.42 Å². The van der Waals surface area contributed by atoms with Gasteiger partial charge in [-0.1, -0.05) is 44.4 Å². The van der Waals surface area contributed by atoms with E-state index in [0.29, 0.717) is 23.7 Å². The minimum Gasteiger partial charge on any atom is -0.370 e. The summed E-state index contributed by atoms with van der Waals surface area (Å²) in [5, 5.41) is 3.75. The molecule has 0 bridgehead atoms. The largest absolute Gasteiger partial charge is 0.370 e. The predicted octanol–water partition coefficient (Wildman–Crippen LogP) is 3.40. The van der Waals surface area contributed by atoms with Gasteiger partial charge in [-0.05, 0) is 37.3 Å². The Morgan fingerprint density at radius 3 is 2.71 bits per heavy atom. The van der Waals surface area contributed by atoms with Crippen molar-refractivity contribution >= 4 is 17.6 Å². The smallest absolute Gasteiger partial charge is 0.188 e. The van der Waals surface area contributed by atoms with Gasteiger partial charge in [0.25, 0.3) is 0 Å². The number of rotatable bonds is 8. The van der Waals surface area contributed by atoms with Gasteiger partial charge < -0.3 is 11.1 Å². The molecule has 5 heteroatoms. The fraction of sp³-hybridized carbons (Fsp3) is 0.625. The first-order chi connectivity index (χ1) is 9.97. The number of pyridine rings is 1. The molecule has 0 spiro atoms. The van der Waals surface area contributed by atoms with E-state index in [9.17, 15) is 0 Å². The lowest BCUT2D eigenvalue weighted by atomic mass is 10.0. The van der Waals surface area contributed by atoms with Gasteiger partial charge in [0, 0.05) is 18.8 Å². The van der Waals surface area contributed by atoms with Gasteiger partial charge in [-0.15, -0.1) is 0 Å². The molecule has 0 fully saturated rings. The Hall–Kier alpha value is -1.29. The molecule has 0 aliphatic heterocycles. The van der Waals surface area contributed by atoms with E-state index in [4.69, 9.17) is 17.3 Å². The van der Waals surface area contributed by atoms with Gasteiger partial charge in [-0.25, -0.2) is 4.98 Å². The van der Waals surface area contributed by atoms with Gasteiger partial charge in [0.15, 0.2) is 5.96 Å². The highest BCUT2D eigenvalue weighted by molar-refractivity contribution is 6.29. The number of hydrogen-bond donors (Lipinski definition) is 2. The van der Waals surface area contributed by atoms with E-state index in [1.807, 2.05) is 6.07 Å². The number of hydrogen-bond acceptors (Lipinski definition) is 2. The highest BCUT2D eigenvalue weighted by atomic mass is 35.5. The summed E-state index contributed by atoms with van der Waals surface area (Å²) in [5.41, 5.74) is 7.01. The molecule has 4 nitrogen and oxygen atoms in total. The maximum absolute atomic E-state index is 5.90. The van der Waals surface area contributed by atoms with Crippen LogP contribution in [0, 0.1) is 5.92 Å². The molecule has 1 aromatic rings. The number of aromatic nitrogens is 1. The van der Waals surface area contributed by atoms with Crippen molar-refractivity contribution in [1.82, 2.24) is 10.3 Å². The molecule has 1 aromatic heterocycles. The molecule has 1 atom stereocenters. The van der Waals surface area contributed by atoms with Crippen LogP contribution in [0.1, 0.15) is 45.6 Å². The summed E-state index contributed by atoms with van der Waals surface area (Å²) in [6.45, 7) is 7.30. The number of nitrogens with one attached hydrogen (secondary N) is 1. The van der Waals surface area contributed by atoms with Crippen molar-refractivity contribution in [2.75, 3.05) is 6.54 Å². The van der Waals surface area contributed by atoms with Crippen molar-refractivity contribution < 1.29 is 0 Å². The summed E-state index contributed by atoms with van der Waals surface area (Å²) in [5.74, 6) is 1.28. The lowest BCUT2D eigenvalue weighted by Gasteiger charge is -2.15. The minimum atomic E-state index is 0.365. The fourth-order valence-corrected chi connectivity index (χ4v) is 2.17. The molecule has 0 saturated heterocycles. The molecule has 1 unspecified atom stereocenters. The topological polar surface area (TPSA) is 63.3 Å². The van der Waals surface area contributed by atoms with Crippen molar-refractivity contribution in [3.63, 3.8) is 0 Å². The van der Waals surface area contributed by atoms with Crippen LogP contribution in [0.2, 0.25) is 5.15 Å². The zero-order valence-corrected chi connectivity index (χ0v) is 14.0. The summed E-state index contributed by atoms with van der Waals surface area (Å²) in [4.78, 5) is 8.39. The summed E-state index contributed by atoms with van der Waals surface area (Å²) in [6.07, 6.45) is 6.18. The zero-order valence-electron chi connectivity index (χ0n) is 13.3. The van der Waals surface area contributed by atoms with Crippen molar-refractivity contribution in [1.29, 1.82) is 0 Å². The third-order valence-corrected chi connectivity index (χ3v) is 3.51. The Kier molecular flexibility index (Phi) is 8.13. The van der Waals surface area contributed by atoms with Crippen LogP contribution in [0.5, 0.6) is 0 Å². The van der Waals surface area contributed by atoms with E-state index in [2.05, 4.69) is 36.1 Å². The molecule has 0 radical (unpaired) electrons. The standard InChI is InChI=1S/C16H27ClN4/c1-12(2)5-4-6-13(3)21-16(18)19-10-9-14-7-8-15(17)20-11-14/h7-8,11-13H,4-6,9-10H2,1-3H3,(H3,18,19,21). The van der Waals surface area contributed by atoms with Crippen molar-refractivity contribution in [2.24, 2.45) is 16.6 Å². The predicted molar refractivity (Wildman–Crippen MR) is 90.7 cm³/mol. The summed E-state index contributed by atoms with van der Waals surface area (Å²) >= 11 is 5.75. The van der Waals surface area contributed by atoms with Gasteiger partial charge in [0.1, 0.15) is 5.15 Å². The molecule has 3 N–H and O–H groups in total. The average molecular weight is 311 g/mol. The third-order valence-electron chi connectivity index (χ3n) is 3.28.